The number of aryl methyl sites for hydroxylation is 1. The summed E-state index contributed by atoms with van der Waals surface area (Å²) in [5, 5.41) is 7.50. The molecule has 0 amide bonds. The number of hydrogen-bond donors (Lipinski definition) is 1. The monoisotopic (exact) mass is 479 g/mol. The number of rotatable bonds is 4. The Hall–Kier alpha value is -4.14. The van der Waals surface area contributed by atoms with Crippen LogP contribution in [0.1, 0.15) is 16.9 Å². The minimum absolute atomic E-state index is 1.09. The van der Waals surface area contributed by atoms with Gasteiger partial charge in [-0.25, -0.2) is 0 Å². The summed E-state index contributed by atoms with van der Waals surface area (Å²) in [4.78, 5) is 1.52. The van der Waals surface area contributed by atoms with Gasteiger partial charge in [0.2, 0.25) is 0 Å². The van der Waals surface area contributed by atoms with E-state index in [9.17, 15) is 0 Å². The molecule has 0 saturated carbocycles. The number of fused-ring (bicyclic) bond motifs is 4. The van der Waals surface area contributed by atoms with E-state index in [-0.39, 0.29) is 0 Å². The van der Waals surface area contributed by atoms with E-state index in [0.717, 1.165) is 17.8 Å². The first-order valence-corrected chi connectivity index (χ1v) is 13.3. The molecule has 0 spiro atoms. The molecule has 0 fully saturated rings. The van der Waals surface area contributed by atoms with Gasteiger partial charge in [-0.3, -0.25) is 0 Å². The smallest absolute Gasteiger partial charge is 0.0384 e. The zero-order valence-corrected chi connectivity index (χ0v) is 20.7. The van der Waals surface area contributed by atoms with Crippen molar-refractivity contribution >= 4 is 49.6 Å². The predicted molar refractivity (Wildman–Crippen MR) is 157 cm³/mol. The molecule has 0 unspecified atom stereocenters. The van der Waals surface area contributed by atoms with Crippen molar-refractivity contribution in [2.45, 2.75) is 12.8 Å². The van der Waals surface area contributed by atoms with Gasteiger partial charge in [0.1, 0.15) is 0 Å². The molecule has 0 bridgehead atoms. The van der Waals surface area contributed by atoms with E-state index in [0.29, 0.717) is 0 Å². The first kappa shape index (κ1) is 21.2. The minimum atomic E-state index is 1.09. The Balaban J connectivity index is 1.11. The van der Waals surface area contributed by atoms with Crippen molar-refractivity contribution < 1.29 is 0 Å². The van der Waals surface area contributed by atoms with Crippen LogP contribution < -0.4 is 5.32 Å². The quantitative estimate of drug-likeness (QED) is 0.265. The van der Waals surface area contributed by atoms with Crippen LogP contribution in [0.25, 0.3) is 49.2 Å². The summed E-state index contributed by atoms with van der Waals surface area (Å²) in [6.45, 7) is 0. The van der Waals surface area contributed by atoms with E-state index in [1.165, 1.54) is 60.0 Å². The van der Waals surface area contributed by atoms with E-state index < -0.39 is 0 Å². The standard InChI is InChI=1S/C34H25NS/c1-2-8-29-24(6-1)7-5-10-30(29)25-14-19-28(20-15-25)35-27-17-12-23(13-18-27)26-16-21-32-31-9-3-4-11-33(31)36-34(32)22-26/h1-3,5-10,12-22,35H,4,11H2. The van der Waals surface area contributed by atoms with Crippen molar-refractivity contribution in [2.24, 2.45) is 0 Å². The molecular weight excluding hydrogens is 454 g/mol. The third-order valence-corrected chi connectivity index (χ3v) is 8.35. The van der Waals surface area contributed by atoms with Crippen LogP contribution in [0.4, 0.5) is 11.4 Å². The van der Waals surface area contributed by atoms with Gasteiger partial charge in [0.25, 0.3) is 0 Å². The average Bonchev–Trinajstić information content (AvgIpc) is 3.32. The van der Waals surface area contributed by atoms with Crippen molar-refractivity contribution in [2.75, 3.05) is 5.32 Å². The molecule has 2 heteroatoms. The zero-order valence-electron chi connectivity index (χ0n) is 19.9. The van der Waals surface area contributed by atoms with Gasteiger partial charge in [0, 0.05) is 21.0 Å². The molecule has 1 aliphatic carbocycles. The van der Waals surface area contributed by atoms with Crippen LogP contribution in [-0.2, 0) is 6.42 Å². The molecule has 0 atom stereocenters. The van der Waals surface area contributed by atoms with Gasteiger partial charge in [0.05, 0.1) is 0 Å². The lowest BCUT2D eigenvalue weighted by Crippen LogP contribution is -1.90. The fourth-order valence-electron chi connectivity index (χ4n) is 5.25. The molecule has 0 radical (unpaired) electrons. The largest absolute Gasteiger partial charge is 0.356 e. The topological polar surface area (TPSA) is 12.0 Å². The summed E-state index contributed by atoms with van der Waals surface area (Å²) in [6, 6.07) is 39.4. The van der Waals surface area contributed by atoms with Crippen LogP contribution in [0.2, 0.25) is 0 Å². The molecule has 1 N–H and O–H groups in total. The summed E-state index contributed by atoms with van der Waals surface area (Å²) >= 11 is 1.95. The van der Waals surface area contributed by atoms with E-state index >= 15 is 0 Å². The van der Waals surface area contributed by atoms with E-state index in [1.807, 2.05) is 11.3 Å². The first-order valence-electron chi connectivity index (χ1n) is 12.5. The maximum absolute atomic E-state index is 3.56. The number of benzene rings is 5. The van der Waals surface area contributed by atoms with Crippen molar-refractivity contribution in [3.05, 3.63) is 126 Å². The molecular formula is C34H25NS. The summed E-state index contributed by atoms with van der Waals surface area (Å²) in [6.07, 6.45) is 6.93. The minimum Gasteiger partial charge on any atom is -0.356 e. The van der Waals surface area contributed by atoms with E-state index in [1.54, 1.807) is 0 Å². The lowest BCUT2D eigenvalue weighted by Gasteiger charge is -2.10. The van der Waals surface area contributed by atoms with Crippen molar-refractivity contribution in [3.8, 4) is 22.3 Å². The number of nitrogens with one attached hydrogen (secondary N) is 1. The predicted octanol–water partition coefficient (Wildman–Crippen LogP) is 10.1. The highest BCUT2D eigenvalue weighted by Crippen LogP contribution is 2.38. The second-order valence-electron chi connectivity index (χ2n) is 9.40. The number of hydrogen-bond acceptors (Lipinski definition) is 2. The normalized spacial score (nSPS) is 12.7. The third-order valence-electron chi connectivity index (χ3n) is 7.12. The molecule has 1 nitrogen and oxygen atoms in total. The van der Waals surface area contributed by atoms with Gasteiger partial charge in [-0.1, -0.05) is 91.0 Å². The summed E-state index contributed by atoms with van der Waals surface area (Å²) in [5.41, 5.74) is 8.63. The van der Waals surface area contributed by atoms with Crippen LogP contribution in [0.5, 0.6) is 0 Å². The highest BCUT2D eigenvalue weighted by Gasteiger charge is 2.13. The second kappa shape index (κ2) is 8.82. The molecule has 172 valence electrons. The van der Waals surface area contributed by atoms with E-state index in [4.69, 9.17) is 0 Å². The SMILES string of the molecule is C1=Cc2c(sc3cc(-c4ccc(Nc5ccc(-c6cccc7ccccc67)cc5)cc4)ccc23)CC1. The maximum Gasteiger partial charge on any atom is 0.0384 e. The van der Waals surface area contributed by atoms with E-state index in [2.05, 4.69) is 127 Å². The molecule has 0 aliphatic heterocycles. The van der Waals surface area contributed by atoms with Crippen molar-refractivity contribution in [1.82, 2.24) is 0 Å². The van der Waals surface area contributed by atoms with Crippen molar-refractivity contribution in [3.63, 3.8) is 0 Å². The molecule has 1 heterocycles. The van der Waals surface area contributed by atoms with Crippen molar-refractivity contribution in [1.29, 1.82) is 0 Å². The Morgan fingerprint density at radius 1 is 0.611 bits per heavy atom. The number of thiophene rings is 1. The maximum atomic E-state index is 3.56. The Bertz CT molecular complexity index is 1730. The van der Waals surface area contributed by atoms with Gasteiger partial charge in [0.15, 0.2) is 0 Å². The highest BCUT2D eigenvalue weighted by atomic mass is 32.1. The first-order chi connectivity index (χ1) is 17.8. The van der Waals surface area contributed by atoms with Crippen LogP contribution >= 0.6 is 11.3 Å². The van der Waals surface area contributed by atoms with Crippen LogP contribution in [-0.4, -0.2) is 0 Å². The lowest BCUT2D eigenvalue weighted by molar-refractivity contribution is 1.02. The Morgan fingerprint density at radius 2 is 1.33 bits per heavy atom. The summed E-state index contributed by atoms with van der Waals surface area (Å²) in [7, 11) is 0. The molecule has 6 aromatic rings. The Labute approximate surface area is 215 Å². The second-order valence-corrected chi connectivity index (χ2v) is 10.5. The summed E-state index contributed by atoms with van der Waals surface area (Å²) in [5.74, 6) is 0. The van der Waals surface area contributed by atoms with Crippen LogP contribution in [0, 0.1) is 0 Å². The summed E-state index contributed by atoms with van der Waals surface area (Å²) < 4.78 is 1.39. The van der Waals surface area contributed by atoms with Gasteiger partial charge >= 0.3 is 0 Å². The average molecular weight is 480 g/mol. The van der Waals surface area contributed by atoms with Crippen LogP contribution in [0.3, 0.4) is 0 Å². The molecule has 7 rings (SSSR count). The fraction of sp³-hybridized carbons (Fsp3) is 0.0588. The molecule has 5 aromatic carbocycles. The fourth-order valence-corrected chi connectivity index (χ4v) is 6.50. The third kappa shape index (κ3) is 3.80. The zero-order chi connectivity index (χ0) is 23.9. The highest BCUT2D eigenvalue weighted by molar-refractivity contribution is 7.19. The van der Waals surface area contributed by atoms with Gasteiger partial charge < -0.3 is 5.32 Å². The van der Waals surface area contributed by atoms with Gasteiger partial charge in [-0.05, 0) is 87.1 Å². The van der Waals surface area contributed by atoms with Gasteiger partial charge in [-0.2, -0.15) is 0 Å². The Morgan fingerprint density at radius 3 is 2.17 bits per heavy atom. The number of anilines is 2. The molecule has 0 saturated heterocycles. The molecule has 36 heavy (non-hydrogen) atoms. The molecule has 1 aliphatic rings. The van der Waals surface area contributed by atoms with Crippen LogP contribution in [0.15, 0.2) is 115 Å². The lowest BCUT2D eigenvalue weighted by atomic mass is 9.98. The Kier molecular flexibility index (Phi) is 5.18. The van der Waals surface area contributed by atoms with Gasteiger partial charge in [-0.15, -0.1) is 11.3 Å². The molecule has 1 aromatic heterocycles. The number of allylic oxidation sites excluding steroid dienone is 1.